The number of para-hydroxylation sites is 4. The maximum absolute atomic E-state index is 14.5. The van der Waals surface area contributed by atoms with Crippen molar-refractivity contribution in [3.05, 3.63) is 83.6 Å². The molecule has 29 nitrogen and oxygen atoms in total. The minimum absolute atomic E-state index is 0. The monoisotopic (exact) mass is 1680 g/mol. The first-order valence-corrected chi connectivity index (χ1v) is 40.1. The smallest absolute Gasteiger partial charge is 0.408 e. The molecule has 0 radical (unpaired) electrons. The van der Waals surface area contributed by atoms with Crippen LogP contribution < -0.4 is 40.6 Å². The van der Waals surface area contributed by atoms with Crippen molar-refractivity contribution in [2.75, 3.05) is 13.1 Å². The van der Waals surface area contributed by atoms with E-state index in [2.05, 4.69) is 20.9 Å². The van der Waals surface area contributed by atoms with Gasteiger partial charge in [-0.1, -0.05) is 100 Å². The third-order valence-electron chi connectivity index (χ3n) is 18.6. The molecule has 38 heteroatoms. The van der Waals surface area contributed by atoms with Crippen LogP contribution in [0.15, 0.2) is 83.6 Å². The maximum atomic E-state index is 14.5. The van der Waals surface area contributed by atoms with Crippen LogP contribution in [0.2, 0.25) is 0 Å². The van der Waals surface area contributed by atoms with Crippen LogP contribution in [0.3, 0.4) is 0 Å². The molecule has 4 saturated carbocycles. The molecule has 6 heterocycles. The number of carboxylic acid groups (broad SMARTS) is 1. The number of carboxylic acids is 1. The second kappa shape index (κ2) is 35.6. The summed E-state index contributed by atoms with van der Waals surface area (Å²) >= 11 is 2.90. The Hall–Kier alpha value is -8.65. The standard InChI is InChI=1S/C36H44F2N6O8S2.C28H34N4O6S.C8H12F2N2O3S.3CH4.ClH/c1-34(2,3)27(41-33(48)52-35(4,5)6)31(46)44-18-19(51-30-26(25-12-9-15-53-25)39-22-10-7-8-11-23(22)40-30)16-24(44)29(45)42-36(17-21(36)28(37)38)32(47)43-54(49,50)20-13-14-20;1-27(2,3)22(31-26(36)38-28(4,5)6)24(33)32-15-16(14-19(32)25(34)35)37-23-21(20-12-9-13-39-20)29-17-10-7-8-11-18(17)30-23;9-6(10)5-3-8(5,11)7(13)12-16(14,15)4-1-2-4;;;;/h7-12,15,19-21,24,27-28H,13-14,16-18H2,1-6H3,(H,41,48)(H,42,45)(H,43,47);7-13,16,19,22H,14-15H2,1-6H3,(H,31,36)(H,34,35);4-6H,1-3,11H2,(H,12,13);3*1H4;1H/t19-,21+,24+,27-,36-;16-,19+,22-;5-,8+;;;;/m110..../s1. The number of aromatic nitrogens is 4. The van der Waals surface area contributed by atoms with E-state index in [1.54, 1.807) is 106 Å². The molecule has 4 aromatic heterocycles. The summed E-state index contributed by atoms with van der Waals surface area (Å²) in [6.45, 7) is 20.5. The number of amides is 7. The van der Waals surface area contributed by atoms with Crippen LogP contribution >= 0.6 is 35.1 Å². The topological polar surface area (TPSA) is 406 Å². The number of sulfonamides is 2. The number of nitrogens with one attached hydrogen (secondary N) is 5. The Morgan fingerprint density at radius 1 is 0.549 bits per heavy atom. The molecule has 0 bridgehead atoms. The summed E-state index contributed by atoms with van der Waals surface area (Å²) in [5.74, 6) is -8.09. The number of aliphatic carboxylic acids is 1. The summed E-state index contributed by atoms with van der Waals surface area (Å²) in [7, 11) is -7.84. The van der Waals surface area contributed by atoms with Gasteiger partial charge in [0.2, 0.25) is 62.4 Å². The Morgan fingerprint density at radius 3 is 1.25 bits per heavy atom. The number of benzene rings is 2. The Labute approximate surface area is 669 Å². The van der Waals surface area contributed by atoms with Gasteiger partial charge in [-0.3, -0.25) is 33.4 Å². The Morgan fingerprint density at radius 2 is 0.920 bits per heavy atom. The third-order valence-corrected chi connectivity index (χ3v) is 24.0. The zero-order chi connectivity index (χ0) is 80.1. The fourth-order valence-corrected chi connectivity index (χ4v) is 16.6. The van der Waals surface area contributed by atoms with E-state index in [1.165, 1.54) is 32.5 Å². The fourth-order valence-electron chi connectivity index (χ4n) is 12.4. The normalized spacial score (nSPS) is 22.4. The first kappa shape index (κ1) is 93.2. The fraction of sp³-hybridized carbons (Fsp3) is 0.573. The van der Waals surface area contributed by atoms with Crippen LogP contribution in [-0.4, -0.2) is 194 Å². The van der Waals surface area contributed by atoms with Gasteiger partial charge in [0.15, 0.2) is 0 Å². The molecule has 624 valence electrons. The molecule has 8 N–H and O–H groups in total. The summed E-state index contributed by atoms with van der Waals surface area (Å²) in [6, 6.07) is 17.3. The molecule has 0 unspecified atom stereocenters. The molecule has 6 fully saturated rings. The van der Waals surface area contributed by atoms with Crippen LogP contribution in [-0.2, 0) is 58.3 Å². The number of fused-ring (bicyclic) bond motifs is 2. The molecule has 2 aliphatic heterocycles. The molecule has 10 atom stereocenters. The highest BCUT2D eigenvalue weighted by atomic mass is 35.5. The predicted molar refractivity (Wildman–Crippen MR) is 421 cm³/mol. The second-order valence-corrected chi connectivity index (χ2v) is 37.8. The molecule has 12 rings (SSSR count). The Balaban J connectivity index is 0.000000294. The number of halogens is 5. The van der Waals surface area contributed by atoms with Gasteiger partial charge in [-0.2, -0.15) is 0 Å². The highest BCUT2D eigenvalue weighted by Gasteiger charge is 2.67. The van der Waals surface area contributed by atoms with Gasteiger partial charge in [-0.05, 0) is 138 Å². The lowest BCUT2D eigenvalue weighted by Gasteiger charge is -2.36. The zero-order valence-electron chi connectivity index (χ0n) is 62.4. The molecule has 2 aromatic carbocycles. The minimum atomic E-state index is -4.14. The highest BCUT2D eigenvalue weighted by molar-refractivity contribution is 7.91. The summed E-state index contributed by atoms with van der Waals surface area (Å²) < 4.78 is 128. The quantitative estimate of drug-likeness (QED) is 0.0329. The number of alkyl halides is 4. The number of likely N-dealkylation sites (tertiary alicyclic amines) is 2. The molecule has 6 aliphatic rings. The number of thiophene rings is 2. The van der Waals surface area contributed by atoms with Gasteiger partial charge in [0.25, 0.3) is 11.8 Å². The average Bonchev–Trinajstić information content (AvgIpc) is 1.57. The Bertz CT molecular complexity index is 4670. The molecule has 7 amide bonds. The summed E-state index contributed by atoms with van der Waals surface area (Å²) in [5.41, 5.74) is 1.67. The Kier molecular flexibility index (Phi) is 29.4. The third kappa shape index (κ3) is 22.7. The summed E-state index contributed by atoms with van der Waals surface area (Å²) in [4.78, 5) is 128. The number of hydrogen-bond acceptors (Lipinski definition) is 23. The van der Waals surface area contributed by atoms with E-state index in [4.69, 9.17) is 39.6 Å². The van der Waals surface area contributed by atoms with E-state index >= 15 is 0 Å². The van der Waals surface area contributed by atoms with Crippen molar-refractivity contribution in [1.82, 2.24) is 55.1 Å². The summed E-state index contributed by atoms with van der Waals surface area (Å²) in [5, 5.41) is 20.1. The van der Waals surface area contributed by atoms with Gasteiger partial charge in [-0.25, -0.2) is 68.7 Å². The predicted octanol–water partition coefficient (Wildman–Crippen LogP) is 11.0. The first-order valence-electron chi connectivity index (χ1n) is 35.3. The number of hydrogen-bond donors (Lipinski definition) is 7. The number of alkyl carbamates (subject to hydrolysis) is 2. The minimum Gasteiger partial charge on any atom is -0.480 e. The lowest BCUT2D eigenvalue weighted by atomic mass is 9.85. The van der Waals surface area contributed by atoms with Crippen LogP contribution in [0.5, 0.6) is 11.8 Å². The van der Waals surface area contributed by atoms with E-state index in [0.29, 0.717) is 59.1 Å². The van der Waals surface area contributed by atoms with E-state index in [-0.39, 0.29) is 78.8 Å². The molecular formula is C75H103ClF4N12O17S4. The first-order chi connectivity index (χ1) is 50.7. The molecule has 0 spiro atoms. The molecular weight excluding hydrogens is 1580 g/mol. The van der Waals surface area contributed by atoms with Gasteiger partial charge in [0.1, 0.15) is 70.0 Å². The number of carbonyl (C=O) groups excluding carboxylic acids is 7. The van der Waals surface area contributed by atoms with Crippen molar-refractivity contribution < 1.29 is 96.8 Å². The van der Waals surface area contributed by atoms with Gasteiger partial charge in [0.05, 0.1) is 61.3 Å². The largest absolute Gasteiger partial charge is 0.480 e. The lowest BCUT2D eigenvalue weighted by Crippen LogP contribution is -2.60. The van der Waals surface area contributed by atoms with E-state index in [9.17, 15) is 77.9 Å². The van der Waals surface area contributed by atoms with Crippen LogP contribution in [0.25, 0.3) is 43.2 Å². The molecule has 113 heavy (non-hydrogen) atoms. The van der Waals surface area contributed by atoms with Gasteiger partial charge >= 0.3 is 18.2 Å². The number of rotatable bonds is 21. The van der Waals surface area contributed by atoms with Crippen molar-refractivity contribution in [3.63, 3.8) is 0 Å². The van der Waals surface area contributed by atoms with Crippen molar-refractivity contribution in [1.29, 1.82) is 0 Å². The molecule has 2 saturated heterocycles. The van der Waals surface area contributed by atoms with E-state index in [1.807, 2.05) is 70.1 Å². The number of ether oxygens (including phenoxy) is 4. The van der Waals surface area contributed by atoms with Crippen LogP contribution in [0.4, 0.5) is 27.2 Å². The second-order valence-electron chi connectivity index (χ2n) is 32.0. The highest BCUT2D eigenvalue weighted by Crippen LogP contribution is 2.49. The zero-order valence-corrected chi connectivity index (χ0v) is 66.5. The SMILES string of the molecule is C.C.C.CC(C)(C)OC(=O)N[C@H](C(=O)N1C[C@H](Oc2nc3ccccc3nc2-c2cccs2)C[C@H]1C(=O)N[C@]1(C(=O)NS(=O)(=O)C2CC2)C[C@H]1C(F)F)C(C)(C)C.CC(C)(C)OC(=O)N[C@H](C(=O)N1C[C@H](Oc2nc3ccccc3nc2-c2cccs2)C[C@H]1C(=O)O)C(C)(C)C.Cl.N[C@]1(C(=O)NS(=O)(=O)C2CC2)C[C@H]1C(F)F. The van der Waals surface area contributed by atoms with Crippen molar-refractivity contribution in [2.45, 2.75) is 239 Å². The van der Waals surface area contributed by atoms with Gasteiger partial charge in [0, 0.05) is 18.8 Å². The average molecular weight is 1680 g/mol. The van der Waals surface area contributed by atoms with Crippen LogP contribution in [0.1, 0.15) is 157 Å². The number of nitrogens with two attached hydrogens (primary N) is 1. The number of nitrogens with zero attached hydrogens (tertiary/aromatic N) is 6. The van der Waals surface area contributed by atoms with Crippen molar-refractivity contribution >= 4 is 125 Å². The lowest BCUT2D eigenvalue weighted by molar-refractivity contribution is -0.150. The maximum Gasteiger partial charge on any atom is 0.408 e. The van der Waals surface area contributed by atoms with Gasteiger partial charge in [-0.15, -0.1) is 35.1 Å². The van der Waals surface area contributed by atoms with Crippen molar-refractivity contribution in [3.8, 4) is 32.9 Å². The molecule has 4 aliphatic carbocycles. The van der Waals surface area contributed by atoms with Gasteiger partial charge < -0.3 is 55.5 Å². The van der Waals surface area contributed by atoms with E-state index in [0.717, 1.165) is 9.75 Å². The summed E-state index contributed by atoms with van der Waals surface area (Å²) in [6.07, 6.45) is -8.06. The van der Waals surface area contributed by atoms with E-state index < -0.39 is 179 Å². The number of carbonyl (C=O) groups is 8. The van der Waals surface area contributed by atoms with Crippen molar-refractivity contribution in [2.24, 2.45) is 28.4 Å². The molecule has 6 aromatic rings. The van der Waals surface area contributed by atoms with Crippen LogP contribution in [0, 0.1) is 22.7 Å².